The van der Waals surface area contributed by atoms with Crippen molar-refractivity contribution >= 4 is 0 Å². The summed E-state index contributed by atoms with van der Waals surface area (Å²) in [5, 5.41) is 8.96. The molecule has 0 aliphatic heterocycles. The first-order valence-corrected chi connectivity index (χ1v) is 3.03. The molecular weight excluding hydrogens is 148 g/mol. The molecule has 0 saturated carbocycles. The highest BCUT2D eigenvalue weighted by Crippen LogP contribution is 2.16. The second kappa shape index (κ2) is 2.65. The number of ether oxygens (including phenoxy) is 1. The van der Waals surface area contributed by atoms with Crippen molar-refractivity contribution in [2.45, 2.75) is 6.92 Å². The van der Waals surface area contributed by atoms with Crippen LogP contribution in [0.3, 0.4) is 0 Å². The Balaban J connectivity index is 3.32. The fourth-order valence-corrected chi connectivity index (χ4v) is 0.678. The Hall–Kier alpha value is -1.45. The molecule has 1 N–H and O–H groups in total. The molecule has 60 valence electrons. The van der Waals surface area contributed by atoms with E-state index in [0.717, 1.165) is 6.07 Å². The molecule has 1 aromatic heterocycles. The maximum absolute atomic E-state index is 10.8. The zero-order valence-corrected chi connectivity index (χ0v) is 6.25. The van der Waals surface area contributed by atoms with E-state index >= 15 is 0 Å². The summed E-state index contributed by atoms with van der Waals surface area (Å²) in [6.07, 6.45) is 0. The minimum atomic E-state index is -0.495. The Kier molecular flexibility index (Phi) is 1.85. The minimum Gasteiger partial charge on any atom is -0.502 e. The summed E-state index contributed by atoms with van der Waals surface area (Å²) in [7, 11) is 1.38. The summed E-state index contributed by atoms with van der Waals surface area (Å²) >= 11 is 0. The van der Waals surface area contributed by atoms with Crippen molar-refractivity contribution in [2.24, 2.45) is 0 Å². The van der Waals surface area contributed by atoms with Crippen LogP contribution < -0.4 is 10.2 Å². The van der Waals surface area contributed by atoms with Crippen LogP contribution in [0.1, 0.15) is 5.76 Å². The standard InChI is InChI=1S/C7H8O4/c1-4-7(9)5(8)3-6(10-2)11-4/h3,9H,1-2H3. The van der Waals surface area contributed by atoms with E-state index in [9.17, 15) is 4.79 Å². The molecule has 1 aromatic rings. The van der Waals surface area contributed by atoms with E-state index in [4.69, 9.17) is 9.52 Å². The van der Waals surface area contributed by atoms with E-state index in [2.05, 4.69) is 4.74 Å². The zero-order chi connectivity index (χ0) is 8.43. The van der Waals surface area contributed by atoms with Gasteiger partial charge in [0, 0.05) is 0 Å². The Bertz CT molecular complexity index is 313. The van der Waals surface area contributed by atoms with Gasteiger partial charge in [-0.15, -0.1) is 0 Å². The fourth-order valence-electron chi connectivity index (χ4n) is 0.678. The van der Waals surface area contributed by atoms with Gasteiger partial charge in [-0.3, -0.25) is 4.79 Å². The average molecular weight is 156 g/mol. The van der Waals surface area contributed by atoms with Gasteiger partial charge in [0.05, 0.1) is 13.2 Å². The highest BCUT2D eigenvalue weighted by atomic mass is 16.6. The Morgan fingerprint density at radius 1 is 1.64 bits per heavy atom. The van der Waals surface area contributed by atoms with Crippen molar-refractivity contribution < 1.29 is 14.3 Å². The van der Waals surface area contributed by atoms with Gasteiger partial charge >= 0.3 is 0 Å². The molecule has 0 aliphatic carbocycles. The van der Waals surface area contributed by atoms with E-state index in [1.807, 2.05) is 0 Å². The van der Waals surface area contributed by atoms with Crippen LogP contribution in [0.5, 0.6) is 11.7 Å². The SMILES string of the molecule is COc1cc(=O)c(O)c(C)o1. The van der Waals surface area contributed by atoms with Crippen LogP contribution in [-0.2, 0) is 0 Å². The van der Waals surface area contributed by atoms with Gasteiger partial charge in [-0.2, -0.15) is 0 Å². The predicted molar refractivity (Wildman–Crippen MR) is 37.9 cm³/mol. The molecule has 4 nitrogen and oxygen atoms in total. The zero-order valence-electron chi connectivity index (χ0n) is 6.25. The Morgan fingerprint density at radius 3 is 2.73 bits per heavy atom. The molecule has 11 heavy (non-hydrogen) atoms. The lowest BCUT2D eigenvalue weighted by Gasteiger charge is -1.99. The molecule has 0 unspecified atom stereocenters. The molecule has 1 rings (SSSR count). The van der Waals surface area contributed by atoms with Gasteiger partial charge < -0.3 is 14.3 Å². The minimum absolute atomic E-state index is 0.102. The van der Waals surface area contributed by atoms with Crippen LogP contribution in [0.2, 0.25) is 0 Å². The molecule has 0 amide bonds. The van der Waals surface area contributed by atoms with E-state index in [1.54, 1.807) is 0 Å². The van der Waals surface area contributed by atoms with Crippen LogP contribution in [0, 0.1) is 6.92 Å². The molecule has 0 bridgehead atoms. The molecule has 0 atom stereocenters. The van der Waals surface area contributed by atoms with E-state index in [0.29, 0.717) is 0 Å². The lowest BCUT2D eigenvalue weighted by Crippen LogP contribution is -2.00. The lowest BCUT2D eigenvalue weighted by molar-refractivity contribution is 0.278. The average Bonchev–Trinajstić information content (AvgIpc) is 1.99. The molecule has 1 heterocycles. The van der Waals surface area contributed by atoms with Gasteiger partial charge in [-0.1, -0.05) is 0 Å². The first-order chi connectivity index (χ1) is 5.15. The van der Waals surface area contributed by atoms with Gasteiger partial charge in [0.2, 0.25) is 11.2 Å². The number of rotatable bonds is 1. The van der Waals surface area contributed by atoms with E-state index in [1.165, 1.54) is 14.0 Å². The van der Waals surface area contributed by atoms with Gasteiger partial charge in [0.15, 0.2) is 5.76 Å². The van der Waals surface area contributed by atoms with Crippen LogP contribution in [-0.4, -0.2) is 12.2 Å². The largest absolute Gasteiger partial charge is 0.502 e. The maximum Gasteiger partial charge on any atom is 0.288 e. The van der Waals surface area contributed by atoms with Crippen LogP contribution in [0.4, 0.5) is 0 Å². The van der Waals surface area contributed by atoms with Gasteiger partial charge in [0.1, 0.15) is 0 Å². The van der Waals surface area contributed by atoms with Crippen molar-refractivity contribution in [3.8, 4) is 11.7 Å². The fraction of sp³-hybridized carbons (Fsp3) is 0.286. The first-order valence-electron chi connectivity index (χ1n) is 3.03. The second-order valence-electron chi connectivity index (χ2n) is 2.04. The quantitative estimate of drug-likeness (QED) is 0.648. The van der Waals surface area contributed by atoms with Crippen molar-refractivity contribution in [1.29, 1.82) is 0 Å². The van der Waals surface area contributed by atoms with E-state index < -0.39 is 5.43 Å². The Labute approximate surface area is 63.0 Å². The number of aromatic hydroxyl groups is 1. The maximum atomic E-state index is 10.8. The molecule has 0 saturated heterocycles. The smallest absolute Gasteiger partial charge is 0.288 e. The number of methoxy groups -OCH3 is 1. The van der Waals surface area contributed by atoms with Crippen LogP contribution >= 0.6 is 0 Å². The molecular formula is C7H8O4. The molecule has 0 aromatic carbocycles. The van der Waals surface area contributed by atoms with Crippen LogP contribution in [0.25, 0.3) is 0 Å². The molecule has 0 spiro atoms. The number of hydrogen-bond acceptors (Lipinski definition) is 4. The summed E-state index contributed by atoms with van der Waals surface area (Å²) in [4.78, 5) is 10.8. The highest BCUT2D eigenvalue weighted by molar-refractivity contribution is 5.25. The van der Waals surface area contributed by atoms with Crippen molar-refractivity contribution in [3.05, 3.63) is 22.0 Å². The molecule has 0 radical (unpaired) electrons. The number of aryl methyl sites for hydroxylation is 1. The van der Waals surface area contributed by atoms with Crippen molar-refractivity contribution in [3.63, 3.8) is 0 Å². The third-order valence-electron chi connectivity index (χ3n) is 1.27. The van der Waals surface area contributed by atoms with Crippen LogP contribution in [0.15, 0.2) is 15.3 Å². The first kappa shape index (κ1) is 7.65. The van der Waals surface area contributed by atoms with Crippen molar-refractivity contribution in [2.75, 3.05) is 7.11 Å². The van der Waals surface area contributed by atoms with Gasteiger partial charge in [-0.25, -0.2) is 0 Å². The van der Waals surface area contributed by atoms with E-state index in [-0.39, 0.29) is 17.5 Å². The molecule has 0 fully saturated rings. The Morgan fingerprint density at radius 2 is 2.27 bits per heavy atom. The highest BCUT2D eigenvalue weighted by Gasteiger charge is 2.05. The lowest BCUT2D eigenvalue weighted by atomic mass is 10.4. The molecule has 0 aliphatic rings. The monoisotopic (exact) mass is 156 g/mol. The molecule has 4 heteroatoms. The summed E-state index contributed by atoms with van der Waals surface area (Å²) < 4.78 is 9.52. The predicted octanol–water partition coefficient (Wildman–Crippen LogP) is 0.662. The second-order valence-corrected chi connectivity index (χ2v) is 2.04. The number of hydrogen-bond donors (Lipinski definition) is 1. The van der Waals surface area contributed by atoms with Gasteiger partial charge in [-0.05, 0) is 6.92 Å². The summed E-state index contributed by atoms with van der Waals surface area (Å²) in [5.74, 6) is -0.106. The summed E-state index contributed by atoms with van der Waals surface area (Å²) in [6.45, 7) is 1.49. The third kappa shape index (κ3) is 1.34. The summed E-state index contributed by atoms with van der Waals surface area (Å²) in [6, 6.07) is 1.09. The summed E-state index contributed by atoms with van der Waals surface area (Å²) in [5.41, 5.74) is -0.495. The van der Waals surface area contributed by atoms with Gasteiger partial charge in [0.25, 0.3) is 5.95 Å². The normalized spacial score (nSPS) is 9.64. The third-order valence-corrected chi connectivity index (χ3v) is 1.27. The van der Waals surface area contributed by atoms with Crippen molar-refractivity contribution in [1.82, 2.24) is 0 Å². The topological polar surface area (TPSA) is 59.7 Å².